The van der Waals surface area contributed by atoms with Crippen molar-refractivity contribution >= 4 is 17.5 Å². The molecule has 146 valence electrons. The number of aliphatic hydroxyl groups excluding tert-OH is 1. The minimum atomic E-state index is -4.53. The smallest absolute Gasteiger partial charge is 0.420 e. The molecular weight excluding hydrogens is 361 g/mol. The van der Waals surface area contributed by atoms with Crippen LogP contribution in [0.15, 0.2) is 24.3 Å². The number of nitrogens with zero attached hydrogens (tertiary/aromatic N) is 2. The third-order valence-electron chi connectivity index (χ3n) is 4.17. The molecule has 0 saturated heterocycles. The first-order valence-electron chi connectivity index (χ1n) is 8.58. The summed E-state index contributed by atoms with van der Waals surface area (Å²) in [5.74, 6) is 0.805. The van der Waals surface area contributed by atoms with Crippen molar-refractivity contribution in [1.29, 1.82) is 0 Å². The maximum atomic E-state index is 13.2. The summed E-state index contributed by atoms with van der Waals surface area (Å²) in [5.41, 5.74) is 0.202. The van der Waals surface area contributed by atoms with Gasteiger partial charge in [-0.25, -0.2) is 4.98 Å². The summed E-state index contributed by atoms with van der Waals surface area (Å²) in [6, 6.07) is 5.24. The lowest BCUT2D eigenvalue weighted by molar-refractivity contribution is -0.138. The van der Waals surface area contributed by atoms with Crippen LogP contribution in [0.1, 0.15) is 36.9 Å². The number of halogens is 3. The second kappa shape index (κ2) is 7.59. The predicted molar refractivity (Wildman–Crippen MR) is 95.5 cm³/mol. The molecule has 1 aromatic carbocycles. The number of alkyl halides is 3. The molecule has 0 spiro atoms. The van der Waals surface area contributed by atoms with Gasteiger partial charge in [0, 0.05) is 23.7 Å². The summed E-state index contributed by atoms with van der Waals surface area (Å²) in [6.45, 7) is 1.69. The van der Waals surface area contributed by atoms with E-state index < -0.39 is 11.7 Å². The van der Waals surface area contributed by atoms with Gasteiger partial charge in [-0.05, 0) is 38.0 Å². The Labute approximate surface area is 154 Å². The summed E-state index contributed by atoms with van der Waals surface area (Å²) in [6.07, 6.45) is -2.49. The van der Waals surface area contributed by atoms with Crippen molar-refractivity contribution in [3.05, 3.63) is 35.5 Å². The number of hydrogen-bond donors (Lipinski definition) is 3. The van der Waals surface area contributed by atoms with Gasteiger partial charge in [0.2, 0.25) is 5.95 Å². The van der Waals surface area contributed by atoms with E-state index in [1.165, 1.54) is 19.2 Å². The van der Waals surface area contributed by atoms with Crippen LogP contribution in [0.25, 0.3) is 0 Å². The standard InChI is InChI=1S/C18H21F3N4O2/c1-10(9-26)22-17-24-14(11-3-4-11)8-16(25-17)23-12-5-6-15(27-2)13(7-12)18(19,20)21/h5-8,10-11,26H,3-4,9H2,1-2H3,(H2,22,23,24,25)/t10-/m1/s1. The number of aromatic nitrogens is 2. The number of nitrogens with one attached hydrogen (secondary N) is 2. The molecule has 0 amide bonds. The molecule has 6 nitrogen and oxygen atoms in total. The Hall–Kier alpha value is -2.55. The van der Waals surface area contributed by atoms with Crippen LogP contribution in [-0.2, 0) is 6.18 Å². The number of methoxy groups -OCH3 is 1. The van der Waals surface area contributed by atoms with Crippen LogP contribution in [0.2, 0.25) is 0 Å². The molecule has 27 heavy (non-hydrogen) atoms. The van der Waals surface area contributed by atoms with Gasteiger partial charge in [-0.15, -0.1) is 0 Å². The highest BCUT2D eigenvalue weighted by atomic mass is 19.4. The van der Waals surface area contributed by atoms with Crippen LogP contribution in [0, 0.1) is 0 Å². The third kappa shape index (κ3) is 4.79. The van der Waals surface area contributed by atoms with Crippen molar-refractivity contribution in [1.82, 2.24) is 9.97 Å². The molecule has 1 heterocycles. The number of hydrogen-bond acceptors (Lipinski definition) is 6. The van der Waals surface area contributed by atoms with Gasteiger partial charge >= 0.3 is 6.18 Å². The fourth-order valence-electron chi connectivity index (χ4n) is 2.60. The van der Waals surface area contributed by atoms with Gasteiger partial charge < -0.3 is 20.5 Å². The maximum absolute atomic E-state index is 13.2. The summed E-state index contributed by atoms with van der Waals surface area (Å²) >= 11 is 0. The molecule has 0 bridgehead atoms. The van der Waals surface area contributed by atoms with Crippen LogP contribution >= 0.6 is 0 Å². The average molecular weight is 382 g/mol. The normalized spacial score (nSPS) is 15.3. The third-order valence-corrected chi connectivity index (χ3v) is 4.17. The molecule has 1 aliphatic carbocycles. The topological polar surface area (TPSA) is 79.3 Å². The Morgan fingerprint density at radius 2 is 2.00 bits per heavy atom. The fraction of sp³-hybridized carbons (Fsp3) is 0.444. The van der Waals surface area contributed by atoms with Crippen LogP contribution < -0.4 is 15.4 Å². The summed E-state index contributed by atoms with van der Waals surface area (Å²) in [5, 5.41) is 15.1. The van der Waals surface area contributed by atoms with E-state index in [0.717, 1.165) is 24.6 Å². The van der Waals surface area contributed by atoms with Crippen molar-refractivity contribution in [2.45, 2.75) is 37.9 Å². The quantitative estimate of drug-likeness (QED) is 0.674. The second-order valence-corrected chi connectivity index (χ2v) is 6.54. The Bertz CT molecular complexity index is 810. The highest BCUT2D eigenvalue weighted by Crippen LogP contribution is 2.41. The predicted octanol–water partition coefficient (Wildman–Crippen LogP) is 3.92. The van der Waals surface area contributed by atoms with Gasteiger partial charge in [-0.2, -0.15) is 18.2 Å². The zero-order valence-corrected chi connectivity index (χ0v) is 15.0. The zero-order chi connectivity index (χ0) is 19.6. The van der Waals surface area contributed by atoms with E-state index >= 15 is 0 Å². The van der Waals surface area contributed by atoms with E-state index in [-0.39, 0.29) is 24.1 Å². The summed E-state index contributed by atoms with van der Waals surface area (Å²) in [7, 11) is 1.20. The van der Waals surface area contributed by atoms with Crippen LogP contribution in [-0.4, -0.2) is 34.8 Å². The first-order chi connectivity index (χ1) is 12.8. The van der Waals surface area contributed by atoms with Crippen molar-refractivity contribution in [2.75, 3.05) is 24.4 Å². The largest absolute Gasteiger partial charge is 0.496 e. The monoisotopic (exact) mass is 382 g/mol. The van der Waals surface area contributed by atoms with Gasteiger partial charge in [0.15, 0.2) is 0 Å². The Morgan fingerprint density at radius 3 is 2.59 bits per heavy atom. The molecule has 3 N–H and O–H groups in total. The second-order valence-electron chi connectivity index (χ2n) is 6.54. The Kier molecular flexibility index (Phi) is 5.41. The van der Waals surface area contributed by atoms with Crippen molar-refractivity contribution in [3.63, 3.8) is 0 Å². The minimum Gasteiger partial charge on any atom is -0.496 e. The van der Waals surface area contributed by atoms with Crippen LogP contribution in [0.5, 0.6) is 5.75 Å². The fourth-order valence-corrected chi connectivity index (χ4v) is 2.60. The molecule has 0 aliphatic heterocycles. The van der Waals surface area contributed by atoms with Crippen LogP contribution in [0.3, 0.4) is 0 Å². The number of ether oxygens (including phenoxy) is 1. The highest BCUT2D eigenvalue weighted by molar-refractivity contribution is 5.61. The SMILES string of the molecule is COc1ccc(Nc2cc(C3CC3)nc(N[C@H](C)CO)n2)cc1C(F)(F)F. The summed E-state index contributed by atoms with van der Waals surface area (Å²) in [4.78, 5) is 8.74. The lowest BCUT2D eigenvalue weighted by atomic mass is 10.1. The molecule has 1 fully saturated rings. The molecule has 1 aromatic heterocycles. The van der Waals surface area contributed by atoms with Crippen LogP contribution in [0.4, 0.5) is 30.6 Å². The highest BCUT2D eigenvalue weighted by Gasteiger charge is 2.34. The Morgan fingerprint density at radius 1 is 1.26 bits per heavy atom. The molecule has 3 rings (SSSR count). The maximum Gasteiger partial charge on any atom is 0.420 e. The number of aliphatic hydroxyl groups is 1. The lowest BCUT2D eigenvalue weighted by Gasteiger charge is -2.16. The van der Waals surface area contributed by atoms with Gasteiger partial charge in [0.25, 0.3) is 0 Å². The van der Waals surface area contributed by atoms with Crippen molar-refractivity contribution in [2.24, 2.45) is 0 Å². The minimum absolute atomic E-state index is 0.0901. The zero-order valence-electron chi connectivity index (χ0n) is 15.0. The van der Waals surface area contributed by atoms with Crippen molar-refractivity contribution < 1.29 is 23.0 Å². The summed E-state index contributed by atoms with van der Waals surface area (Å²) < 4.78 is 44.4. The first-order valence-corrected chi connectivity index (χ1v) is 8.58. The van der Waals surface area contributed by atoms with Crippen molar-refractivity contribution in [3.8, 4) is 5.75 Å². The van der Waals surface area contributed by atoms with E-state index in [0.29, 0.717) is 17.7 Å². The molecular formula is C18H21F3N4O2. The molecule has 1 aliphatic rings. The lowest BCUT2D eigenvalue weighted by Crippen LogP contribution is -2.21. The van der Waals surface area contributed by atoms with E-state index in [1.54, 1.807) is 13.0 Å². The van der Waals surface area contributed by atoms with Gasteiger partial charge in [0.1, 0.15) is 11.6 Å². The Balaban J connectivity index is 1.90. The molecule has 2 aromatic rings. The molecule has 1 saturated carbocycles. The van der Waals surface area contributed by atoms with E-state index in [2.05, 4.69) is 20.6 Å². The molecule has 0 unspecified atom stereocenters. The van der Waals surface area contributed by atoms with Gasteiger partial charge in [-0.1, -0.05) is 0 Å². The number of rotatable bonds is 7. The van der Waals surface area contributed by atoms with E-state index in [9.17, 15) is 18.3 Å². The number of benzene rings is 1. The number of anilines is 3. The first kappa shape index (κ1) is 19.2. The van der Waals surface area contributed by atoms with E-state index in [1.807, 2.05) is 0 Å². The molecule has 0 radical (unpaired) electrons. The van der Waals surface area contributed by atoms with E-state index in [4.69, 9.17) is 4.74 Å². The molecule has 9 heteroatoms. The molecule has 1 atom stereocenters. The average Bonchev–Trinajstić information content (AvgIpc) is 3.45. The van der Waals surface area contributed by atoms with Gasteiger partial charge in [0.05, 0.1) is 25.0 Å². The van der Waals surface area contributed by atoms with Gasteiger partial charge in [-0.3, -0.25) is 0 Å².